The van der Waals surface area contributed by atoms with E-state index in [1.54, 1.807) is 11.3 Å². The second-order valence-electron chi connectivity index (χ2n) is 5.68. The smallest absolute Gasteiger partial charge is 0.119 e. The molecule has 2 rings (SSSR count). The van der Waals surface area contributed by atoms with E-state index in [1.165, 1.54) is 10.4 Å². The zero-order valence-electron chi connectivity index (χ0n) is 13.1. The number of hydrogen-bond acceptors (Lipinski definition) is 4. The third-order valence-electron chi connectivity index (χ3n) is 3.17. The first-order valence-electron chi connectivity index (χ1n) is 7.45. The van der Waals surface area contributed by atoms with Crippen molar-refractivity contribution in [1.82, 2.24) is 4.98 Å². The number of nitrogens with two attached hydrogens (primary N) is 1. The van der Waals surface area contributed by atoms with E-state index in [1.807, 2.05) is 0 Å². The third kappa shape index (κ3) is 4.83. The van der Waals surface area contributed by atoms with Gasteiger partial charge in [0.05, 0.1) is 17.3 Å². The van der Waals surface area contributed by atoms with Crippen molar-refractivity contribution in [2.75, 3.05) is 13.2 Å². The lowest BCUT2D eigenvalue weighted by Crippen LogP contribution is -2.04. The van der Waals surface area contributed by atoms with Crippen LogP contribution < -0.4 is 10.5 Å². The molecule has 0 fully saturated rings. The predicted molar refractivity (Wildman–Crippen MR) is 89.2 cm³/mol. The van der Waals surface area contributed by atoms with E-state index in [-0.39, 0.29) is 0 Å². The topological polar surface area (TPSA) is 48.1 Å². The van der Waals surface area contributed by atoms with Crippen LogP contribution in [-0.2, 0) is 12.8 Å². The fraction of sp³-hybridized carbons (Fsp3) is 0.471. The van der Waals surface area contributed by atoms with Crippen LogP contribution in [-0.4, -0.2) is 18.1 Å². The summed E-state index contributed by atoms with van der Waals surface area (Å²) in [5, 5.41) is 1.14. The minimum absolute atomic E-state index is 0.547. The summed E-state index contributed by atoms with van der Waals surface area (Å²) in [6.45, 7) is 7.80. The molecule has 3 nitrogen and oxygen atoms in total. The van der Waals surface area contributed by atoms with Crippen LogP contribution in [0, 0.1) is 12.8 Å². The first-order chi connectivity index (χ1) is 10.1. The molecular formula is C17H24N2OS. The molecule has 2 aromatic rings. The van der Waals surface area contributed by atoms with Crippen molar-refractivity contribution in [2.24, 2.45) is 11.7 Å². The lowest BCUT2D eigenvalue weighted by molar-refractivity contribution is 0.271. The quantitative estimate of drug-likeness (QED) is 0.850. The molecule has 1 aromatic heterocycles. The average molecular weight is 304 g/mol. The fourth-order valence-electron chi connectivity index (χ4n) is 2.03. The number of aromatic nitrogens is 1. The third-order valence-corrected chi connectivity index (χ3v) is 4.38. The molecule has 0 spiro atoms. The molecule has 0 unspecified atom stereocenters. The van der Waals surface area contributed by atoms with Crippen LogP contribution >= 0.6 is 11.3 Å². The minimum Gasteiger partial charge on any atom is -0.493 e. The molecule has 0 radical (unpaired) electrons. The Hall–Kier alpha value is -1.39. The summed E-state index contributed by atoms with van der Waals surface area (Å²) in [6, 6.07) is 8.37. The molecule has 0 aliphatic rings. The van der Waals surface area contributed by atoms with Crippen LogP contribution in [0.1, 0.15) is 35.0 Å². The molecule has 2 N–H and O–H groups in total. The summed E-state index contributed by atoms with van der Waals surface area (Å²) in [5.41, 5.74) is 8.01. The van der Waals surface area contributed by atoms with Gasteiger partial charge in [-0.25, -0.2) is 4.98 Å². The van der Waals surface area contributed by atoms with Crippen molar-refractivity contribution in [2.45, 2.75) is 33.6 Å². The summed E-state index contributed by atoms with van der Waals surface area (Å²) < 4.78 is 5.71. The average Bonchev–Trinajstić information content (AvgIpc) is 2.78. The lowest BCUT2D eigenvalue weighted by atomic mass is 10.1. The van der Waals surface area contributed by atoms with E-state index >= 15 is 0 Å². The van der Waals surface area contributed by atoms with Gasteiger partial charge in [-0.3, -0.25) is 0 Å². The summed E-state index contributed by atoms with van der Waals surface area (Å²) in [4.78, 5) is 5.90. The SMILES string of the molecule is Cc1nc(CCN)sc1Cc1ccc(OCC(C)C)cc1. The van der Waals surface area contributed by atoms with Gasteiger partial charge < -0.3 is 10.5 Å². The van der Waals surface area contributed by atoms with Crippen LogP contribution in [0.15, 0.2) is 24.3 Å². The van der Waals surface area contributed by atoms with Crippen molar-refractivity contribution >= 4 is 11.3 Å². The summed E-state index contributed by atoms with van der Waals surface area (Å²) in [6.07, 6.45) is 1.80. The molecule has 21 heavy (non-hydrogen) atoms. The number of aryl methyl sites for hydroxylation is 1. The van der Waals surface area contributed by atoms with E-state index in [0.717, 1.165) is 35.9 Å². The molecule has 0 amide bonds. The maximum absolute atomic E-state index is 5.71. The maximum atomic E-state index is 5.71. The highest BCUT2D eigenvalue weighted by Crippen LogP contribution is 2.23. The number of rotatable bonds is 7. The normalized spacial score (nSPS) is 11.1. The van der Waals surface area contributed by atoms with Crippen LogP contribution in [0.3, 0.4) is 0 Å². The monoisotopic (exact) mass is 304 g/mol. The number of thiazole rings is 1. The number of benzene rings is 1. The molecule has 1 heterocycles. The Labute approximate surface area is 131 Å². The maximum Gasteiger partial charge on any atom is 0.119 e. The number of nitrogens with zero attached hydrogens (tertiary/aromatic N) is 1. The van der Waals surface area contributed by atoms with Crippen molar-refractivity contribution in [1.29, 1.82) is 0 Å². The molecule has 114 valence electrons. The van der Waals surface area contributed by atoms with Gasteiger partial charge >= 0.3 is 0 Å². The van der Waals surface area contributed by atoms with E-state index in [0.29, 0.717) is 12.5 Å². The van der Waals surface area contributed by atoms with Crippen molar-refractivity contribution in [3.63, 3.8) is 0 Å². The zero-order valence-corrected chi connectivity index (χ0v) is 13.9. The van der Waals surface area contributed by atoms with E-state index in [2.05, 4.69) is 50.0 Å². The van der Waals surface area contributed by atoms with Gasteiger partial charge in [-0.05, 0) is 37.1 Å². The Morgan fingerprint density at radius 3 is 2.57 bits per heavy atom. The van der Waals surface area contributed by atoms with E-state index < -0.39 is 0 Å². The van der Waals surface area contributed by atoms with Gasteiger partial charge in [0.1, 0.15) is 5.75 Å². The highest BCUT2D eigenvalue weighted by Gasteiger charge is 2.08. The Kier molecular flexibility index (Phi) is 5.76. The zero-order chi connectivity index (χ0) is 15.2. The van der Waals surface area contributed by atoms with Crippen LogP contribution in [0.4, 0.5) is 0 Å². The van der Waals surface area contributed by atoms with Gasteiger partial charge in [-0.1, -0.05) is 26.0 Å². The molecular weight excluding hydrogens is 280 g/mol. The van der Waals surface area contributed by atoms with E-state index in [9.17, 15) is 0 Å². The first-order valence-corrected chi connectivity index (χ1v) is 8.27. The Morgan fingerprint density at radius 1 is 1.24 bits per heavy atom. The highest BCUT2D eigenvalue weighted by atomic mass is 32.1. The Balaban J connectivity index is 1.99. The van der Waals surface area contributed by atoms with Gasteiger partial charge in [-0.15, -0.1) is 11.3 Å². The van der Waals surface area contributed by atoms with Crippen LogP contribution in [0.5, 0.6) is 5.75 Å². The van der Waals surface area contributed by atoms with E-state index in [4.69, 9.17) is 10.5 Å². The molecule has 1 aromatic carbocycles. The molecule has 0 saturated carbocycles. The molecule has 0 bridgehead atoms. The summed E-state index contributed by atoms with van der Waals surface area (Å²) in [5.74, 6) is 1.49. The fourth-order valence-corrected chi connectivity index (χ4v) is 3.15. The second-order valence-corrected chi connectivity index (χ2v) is 6.85. The van der Waals surface area contributed by atoms with Gasteiger partial charge in [0, 0.05) is 17.7 Å². The minimum atomic E-state index is 0.547. The van der Waals surface area contributed by atoms with Crippen LogP contribution in [0.25, 0.3) is 0 Å². The Morgan fingerprint density at radius 2 is 1.95 bits per heavy atom. The van der Waals surface area contributed by atoms with Gasteiger partial charge in [0.15, 0.2) is 0 Å². The van der Waals surface area contributed by atoms with Crippen molar-refractivity contribution in [3.8, 4) is 5.75 Å². The summed E-state index contributed by atoms with van der Waals surface area (Å²) in [7, 11) is 0. The number of ether oxygens (including phenoxy) is 1. The molecule has 0 saturated heterocycles. The second kappa shape index (κ2) is 7.57. The molecule has 0 atom stereocenters. The molecule has 0 aliphatic carbocycles. The van der Waals surface area contributed by atoms with Gasteiger partial charge in [0.25, 0.3) is 0 Å². The number of hydrogen-bond donors (Lipinski definition) is 1. The van der Waals surface area contributed by atoms with Crippen molar-refractivity contribution < 1.29 is 4.74 Å². The first kappa shape index (κ1) is 16.0. The molecule has 0 aliphatic heterocycles. The summed E-state index contributed by atoms with van der Waals surface area (Å²) >= 11 is 1.77. The van der Waals surface area contributed by atoms with Gasteiger partial charge in [-0.2, -0.15) is 0 Å². The highest BCUT2D eigenvalue weighted by molar-refractivity contribution is 7.11. The molecule has 4 heteroatoms. The largest absolute Gasteiger partial charge is 0.493 e. The van der Waals surface area contributed by atoms with Crippen LogP contribution in [0.2, 0.25) is 0 Å². The van der Waals surface area contributed by atoms with Gasteiger partial charge in [0.2, 0.25) is 0 Å². The lowest BCUT2D eigenvalue weighted by Gasteiger charge is -2.09. The standard InChI is InChI=1S/C17H24N2OS/c1-12(2)11-20-15-6-4-14(5-7-15)10-16-13(3)19-17(21-16)8-9-18/h4-7,12H,8-11,18H2,1-3H3. The van der Waals surface area contributed by atoms with Crippen molar-refractivity contribution in [3.05, 3.63) is 45.4 Å². The Bertz CT molecular complexity index is 561. The predicted octanol–water partition coefficient (Wildman–Crippen LogP) is 3.58.